The number of hydrogen-bond donors (Lipinski definition) is 0. The van der Waals surface area contributed by atoms with Crippen LogP contribution < -0.4 is 4.74 Å². The number of ether oxygens (including phenoxy) is 1. The average molecular weight is 318 g/mol. The SMILES string of the molecule is COc1cc2c(I)c(C=O)ccc2s1. The lowest BCUT2D eigenvalue weighted by Crippen LogP contribution is -1.84. The molecule has 0 aliphatic heterocycles. The molecule has 0 N–H and O–H groups in total. The van der Waals surface area contributed by atoms with E-state index in [0.29, 0.717) is 0 Å². The molecule has 0 bridgehead atoms. The van der Waals surface area contributed by atoms with Gasteiger partial charge in [0.2, 0.25) is 0 Å². The number of hydrogen-bond acceptors (Lipinski definition) is 3. The van der Waals surface area contributed by atoms with Gasteiger partial charge in [0.15, 0.2) is 11.3 Å². The summed E-state index contributed by atoms with van der Waals surface area (Å²) >= 11 is 3.78. The minimum Gasteiger partial charge on any atom is -0.487 e. The fourth-order valence-electron chi connectivity index (χ4n) is 1.26. The van der Waals surface area contributed by atoms with Crippen LogP contribution in [0.3, 0.4) is 0 Å². The molecule has 2 rings (SSSR count). The maximum atomic E-state index is 10.7. The first-order valence-electron chi connectivity index (χ1n) is 3.97. The van der Waals surface area contributed by atoms with Gasteiger partial charge in [0.1, 0.15) is 0 Å². The van der Waals surface area contributed by atoms with Crippen molar-refractivity contribution < 1.29 is 9.53 Å². The van der Waals surface area contributed by atoms with Crippen LogP contribution in [-0.2, 0) is 0 Å². The maximum Gasteiger partial charge on any atom is 0.174 e. The third kappa shape index (κ3) is 1.52. The lowest BCUT2D eigenvalue weighted by molar-refractivity contribution is 0.112. The van der Waals surface area contributed by atoms with Gasteiger partial charge in [-0.15, -0.1) is 0 Å². The van der Waals surface area contributed by atoms with Crippen molar-refractivity contribution in [2.24, 2.45) is 0 Å². The molecule has 0 radical (unpaired) electrons. The van der Waals surface area contributed by atoms with Crippen molar-refractivity contribution in [3.05, 3.63) is 27.3 Å². The predicted octanol–water partition coefficient (Wildman–Crippen LogP) is 3.33. The summed E-state index contributed by atoms with van der Waals surface area (Å²) < 4.78 is 7.30. The highest BCUT2D eigenvalue weighted by molar-refractivity contribution is 14.1. The number of carbonyl (C=O) groups is 1. The van der Waals surface area contributed by atoms with Crippen LogP contribution in [0.1, 0.15) is 10.4 Å². The average Bonchev–Trinajstić information content (AvgIpc) is 2.62. The van der Waals surface area contributed by atoms with Crippen LogP contribution in [0.4, 0.5) is 0 Å². The van der Waals surface area contributed by atoms with Crippen LogP contribution >= 0.6 is 33.9 Å². The third-order valence-electron chi connectivity index (χ3n) is 1.97. The Kier molecular flexibility index (Phi) is 2.73. The molecule has 1 aromatic heterocycles. The molecule has 0 fully saturated rings. The van der Waals surface area contributed by atoms with E-state index >= 15 is 0 Å². The van der Waals surface area contributed by atoms with Gasteiger partial charge < -0.3 is 4.74 Å². The number of aldehydes is 1. The van der Waals surface area contributed by atoms with E-state index in [9.17, 15) is 4.79 Å². The molecule has 0 spiro atoms. The standard InChI is InChI=1S/C10H7IO2S/c1-13-9-4-7-8(14-9)3-2-6(5-12)10(7)11/h2-5H,1H3. The second-order valence-electron chi connectivity index (χ2n) is 2.77. The van der Waals surface area contributed by atoms with Gasteiger partial charge in [0.25, 0.3) is 0 Å². The van der Waals surface area contributed by atoms with Crippen LogP contribution in [0.15, 0.2) is 18.2 Å². The number of methoxy groups -OCH3 is 1. The molecule has 0 unspecified atom stereocenters. The lowest BCUT2D eigenvalue weighted by Gasteiger charge is -1.96. The van der Waals surface area contributed by atoms with E-state index in [4.69, 9.17) is 4.74 Å². The zero-order valence-electron chi connectivity index (χ0n) is 7.41. The molecular formula is C10H7IO2S. The van der Waals surface area contributed by atoms with E-state index in [-0.39, 0.29) is 0 Å². The Morgan fingerprint density at radius 3 is 2.93 bits per heavy atom. The Bertz CT molecular complexity index is 490. The second kappa shape index (κ2) is 3.86. The van der Waals surface area contributed by atoms with Crippen LogP contribution in [0.5, 0.6) is 5.06 Å². The molecule has 14 heavy (non-hydrogen) atoms. The summed E-state index contributed by atoms with van der Waals surface area (Å²) in [6, 6.07) is 5.76. The molecule has 0 aliphatic carbocycles. The van der Waals surface area contributed by atoms with Crippen molar-refractivity contribution in [2.45, 2.75) is 0 Å². The van der Waals surface area contributed by atoms with E-state index in [0.717, 1.165) is 30.6 Å². The van der Waals surface area contributed by atoms with Crippen molar-refractivity contribution in [1.82, 2.24) is 0 Å². The summed E-state index contributed by atoms with van der Waals surface area (Å²) in [5.41, 5.74) is 0.735. The molecule has 4 heteroatoms. The fourth-order valence-corrected chi connectivity index (χ4v) is 3.08. The van der Waals surface area contributed by atoms with Gasteiger partial charge in [-0.2, -0.15) is 0 Å². The van der Waals surface area contributed by atoms with Crippen molar-refractivity contribution in [1.29, 1.82) is 0 Å². The highest BCUT2D eigenvalue weighted by Gasteiger charge is 2.08. The maximum absolute atomic E-state index is 10.7. The Morgan fingerprint density at radius 2 is 2.29 bits per heavy atom. The van der Waals surface area contributed by atoms with E-state index in [1.807, 2.05) is 18.2 Å². The van der Waals surface area contributed by atoms with Gasteiger partial charge in [-0.05, 0) is 34.7 Å². The summed E-state index contributed by atoms with van der Waals surface area (Å²) in [6.07, 6.45) is 0.880. The molecule has 0 saturated heterocycles. The smallest absolute Gasteiger partial charge is 0.174 e. The van der Waals surface area contributed by atoms with Crippen LogP contribution in [0.25, 0.3) is 10.1 Å². The normalized spacial score (nSPS) is 10.4. The highest BCUT2D eigenvalue weighted by Crippen LogP contribution is 2.35. The zero-order chi connectivity index (χ0) is 10.1. The molecule has 0 amide bonds. The largest absolute Gasteiger partial charge is 0.487 e. The minimum absolute atomic E-state index is 0.735. The van der Waals surface area contributed by atoms with Crippen LogP contribution in [0.2, 0.25) is 0 Å². The molecule has 0 atom stereocenters. The van der Waals surface area contributed by atoms with E-state index < -0.39 is 0 Å². The van der Waals surface area contributed by atoms with Gasteiger partial charge >= 0.3 is 0 Å². The lowest BCUT2D eigenvalue weighted by atomic mass is 10.2. The van der Waals surface area contributed by atoms with Crippen molar-refractivity contribution in [2.75, 3.05) is 7.11 Å². The number of halogens is 1. The van der Waals surface area contributed by atoms with E-state index in [1.165, 1.54) is 0 Å². The number of carbonyl (C=O) groups excluding carboxylic acids is 1. The summed E-state index contributed by atoms with van der Waals surface area (Å²) in [4.78, 5) is 10.7. The molecule has 72 valence electrons. The summed E-state index contributed by atoms with van der Waals surface area (Å²) in [7, 11) is 1.65. The summed E-state index contributed by atoms with van der Waals surface area (Å²) in [5, 5.41) is 1.97. The first-order chi connectivity index (χ1) is 6.76. The predicted molar refractivity (Wildman–Crippen MR) is 66.5 cm³/mol. The quantitative estimate of drug-likeness (QED) is 0.627. The van der Waals surface area contributed by atoms with Gasteiger partial charge in [-0.1, -0.05) is 11.3 Å². The van der Waals surface area contributed by atoms with Gasteiger partial charge in [0, 0.05) is 25.3 Å². The van der Waals surface area contributed by atoms with Crippen LogP contribution in [-0.4, -0.2) is 13.4 Å². The minimum atomic E-state index is 0.735. The molecule has 2 nitrogen and oxygen atoms in total. The van der Waals surface area contributed by atoms with Crippen molar-refractivity contribution in [3.63, 3.8) is 0 Å². The molecule has 1 heterocycles. The Morgan fingerprint density at radius 1 is 1.50 bits per heavy atom. The van der Waals surface area contributed by atoms with E-state index in [2.05, 4.69) is 22.6 Å². The molecule has 1 aromatic carbocycles. The summed E-state index contributed by atoms with van der Waals surface area (Å²) in [6.45, 7) is 0. The first-order valence-corrected chi connectivity index (χ1v) is 5.87. The first kappa shape index (κ1) is 9.92. The van der Waals surface area contributed by atoms with Gasteiger partial charge in [-0.3, -0.25) is 4.79 Å². The molecule has 0 aliphatic rings. The van der Waals surface area contributed by atoms with Gasteiger partial charge in [-0.25, -0.2) is 0 Å². The zero-order valence-corrected chi connectivity index (χ0v) is 10.4. The van der Waals surface area contributed by atoms with Crippen molar-refractivity contribution in [3.8, 4) is 5.06 Å². The number of fused-ring (bicyclic) bond motifs is 1. The molecular weight excluding hydrogens is 311 g/mol. The fraction of sp³-hybridized carbons (Fsp3) is 0.100. The number of benzene rings is 1. The monoisotopic (exact) mass is 318 g/mol. The Labute approximate surface area is 99.0 Å². The van der Waals surface area contributed by atoms with E-state index in [1.54, 1.807) is 18.4 Å². The second-order valence-corrected chi connectivity index (χ2v) is 4.89. The number of rotatable bonds is 2. The molecule has 2 aromatic rings. The van der Waals surface area contributed by atoms with Crippen molar-refractivity contribution >= 4 is 50.3 Å². The van der Waals surface area contributed by atoms with Gasteiger partial charge in [0.05, 0.1) is 7.11 Å². The Hall–Kier alpha value is -0.620. The topological polar surface area (TPSA) is 26.3 Å². The highest BCUT2D eigenvalue weighted by atomic mass is 127. The Balaban J connectivity index is 2.74. The molecule has 0 saturated carbocycles. The van der Waals surface area contributed by atoms with Crippen LogP contribution in [0, 0.1) is 3.57 Å². The summed E-state index contributed by atoms with van der Waals surface area (Å²) in [5.74, 6) is 0. The number of thiophene rings is 1. The third-order valence-corrected chi connectivity index (χ3v) is 4.24.